The third kappa shape index (κ3) is 15.1. The standard InChI is InChI=1S/C42H65N5O10/c1-12-25(2)29(43)40(53)57-26(3)56-31(33(55-24-28-21-17-14-18-22-28)37(50)47-35(39(52)45-11)42(7,8)9)30(48)32(54-23-27-19-15-13-16-20-27)36(49)46-34(38(51)44-10)41(4,5)6/h13-22,25-26,29-35,48H,12,23-24,43H2,1-11H3,(H,44,51)(H,45,52)(H,46,49)(H,47,50)/t25-,26?,29-,30+,31+,32+,33+,34+,35+/m0/s1. The van der Waals surface area contributed by atoms with Crippen LogP contribution >= 0.6 is 0 Å². The van der Waals surface area contributed by atoms with Crippen LogP contribution in [0.1, 0.15) is 79.9 Å². The first-order valence-corrected chi connectivity index (χ1v) is 19.3. The molecular formula is C42H65N5O10. The Bertz CT molecular complexity index is 1580. The highest BCUT2D eigenvalue weighted by molar-refractivity contribution is 5.91. The normalized spacial score (nSPS) is 16.6. The van der Waals surface area contributed by atoms with Crippen molar-refractivity contribution in [1.82, 2.24) is 21.3 Å². The molecule has 15 nitrogen and oxygen atoms in total. The van der Waals surface area contributed by atoms with Gasteiger partial charge in [0.05, 0.1) is 13.2 Å². The van der Waals surface area contributed by atoms with E-state index in [0.29, 0.717) is 17.5 Å². The van der Waals surface area contributed by atoms with Crippen molar-refractivity contribution in [3.8, 4) is 0 Å². The van der Waals surface area contributed by atoms with Crippen molar-refractivity contribution in [2.24, 2.45) is 22.5 Å². The Morgan fingerprint density at radius 1 is 0.684 bits per heavy atom. The number of aliphatic hydroxyl groups is 1. The molecule has 0 saturated carbocycles. The lowest BCUT2D eigenvalue weighted by molar-refractivity contribution is -0.229. The zero-order valence-electron chi connectivity index (χ0n) is 35.3. The summed E-state index contributed by atoms with van der Waals surface area (Å²) in [6, 6.07) is 14.5. The number of ether oxygens (including phenoxy) is 4. The van der Waals surface area contributed by atoms with E-state index in [1.54, 1.807) is 109 Å². The summed E-state index contributed by atoms with van der Waals surface area (Å²) in [5.74, 6) is -3.81. The fraction of sp³-hybridized carbons (Fsp3) is 0.595. The highest BCUT2D eigenvalue weighted by atomic mass is 16.7. The molecule has 0 aliphatic heterocycles. The molecule has 318 valence electrons. The molecule has 2 rings (SSSR count). The van der Waals surface area contributed by atoms with Crippen LogP contribution in [-0.4, -0.2) is 97.6 Å². The van der Waals surface area contributed by atoms with Crippen LogP contribution in [0.2, 0.25) is 0 Å². The molecule has 0 heterocycles. The number of amides is 4. The minimum Gasteiger partial charge on any atom is -0.435 e. The minimum atomic E-state index is -2.02. The summed E-state index contributed by atoms with van der Waals surface area (Å²) in [6.07, 6.45) is -8.25. The van der Waals surface area contributed by atoms with Gasteiger partial charge >= 0.3 is 5.97 Å². The second kappa shape index (κ2) is 22.5. The first kappa shape index (κ1) is 48.7. The topological polar surface area (TPSA) is 217 Å². The van der Waals surface area contributed by atoms with Crippen LogP contribution < -0.4 is 27.0 Å². The summed E-state index contributed by atoms with van der Waals surface area (Å²) in [5.41, 5.74) is 5.86. The maximum Gasteiger partial charge on any atom is 0.325 e. The van der Waals surface area contributed by atoms with Crippen LogP contribution in [0, 0.1) is 16.7 Å². The molecule has 2 aromatic rings. The molecule has 0 aromatic heterocycles. The Morgan fingerprint density at radius 2 is 1.09 bits per heavy atom. The highest BCUT2D eigenvalue weighted by Gasteiger charge is 2.47. The van der Waals surface area contributed by atoms with E-state index in [1.165, 1.54) is 21.0 Å². The molecule has 7 N–H and O–H groups in total. The van der Waals surface area contributed by atoms with Gasteiger partial charge in [-0.1, -0.05) is 122 Å². The number of aliphatic hydroxyl groups excluding tert-OH is 1. The quantitative estimate of drug-likeness (QED) is 0.0798. The smallest absolute Gasteiger partial charge is 0.325 e. The van der Waals surface area contributed by atoms with E-state index in [9.17, 15) is 29.1 Å². The van der Waals surface area contributed by atoms with Crippen molar-refractivity contribution in [2.75, 3.05) is 14.1 Å². The number of rotatable bonds is 21. The van der Waals surface area contributed by atoms with Crippen molar-refractivity contribution in [2.45, 2.75) is 131 Å². The number of nitrogens with two attached hydrogens (primary N) is 1. The average Bonchev–Trinajstić information content (AvgIpc) is 3.17. The van der Waals surface area contributed by atoms with Crippen molar-refractivity contribution in [3.63, 3.8) is 0 Å². The second-order valence-corrected chi connectivity index (χ2v) is 16.3. The van der Waals surface area contributed by atoms with E-state index in [2.05, 4.69) is 21.3 Å². The van der Waals surface area contributed by atoms with Gasteiger partial charge in [0.2, 0.25) is 18.1 Å². The van der Waals surface area contributed by atoms with Gasteiger partial charge in [0.25, 0.3) is 11.8 Å². The van der Waals surface area contributed by atoms with Crippen LogP contribution in [0.15, 0.2) is 60.7 Å². The van der Waals surface area contributed by atoms with E-state index in [4.69, 9.17) is 24.7 Å². The molecule has 0 aliphatic carbocycles. The van der Waals surface area contributed by atoms with Crippen molar-refractivity contribution >= 4 is 29.6 Å². The zero-order valence-corrected chi connectivity index (χ0v) is 35.3. The predicted octanol–water partition coefficient (Wildman–Crippen LogP) is 2.72. The number of benzene rings is 2. The lowest BCUT2D eigenvalue weighted by Gasteiger charge is -2.37. The van der Waals surface area contributed by atoms with Gasteiger partial charge in [-0.3, -0.25) is 24.0 Å². The molecule has 57 heavy (non-hydrogen) atoms. The Kier molecular flexibility index (Phi) is 19.2. The van der Waals surface area contributed by atoms with E-state index >= 15 is 0 Å². The fourth-order valence-electron chi connectivity index (χ4n) is 5.74. The molecule has 0 radical (unpaired) electrons. The number of esters is 1. The molecule has 0 bridgehead atoms. The number of likely N-dealkylation sites (N-methyl/N-ethyl adjacent to an activating group) is 2. The average molecular weight is 800 g/mol. The first-order chi connectivity index (χ1) is 26.7. The van der Waals surface area contributed by atoms with Gasteiger partial charge in [0, 0.05) is 14.1 Å². The number of carbonyl (C=O) groups excluding carboxylic acids is 5. The minimum absolute atomic E-state index is 0.177. The molecule has 0 spiro atoms. The number of hydrogen-bond donors (Lipinski definition) is 6. The van der Waals surface area contributed by atoms with Crippen LogP contribution in [0.3, 0.4) is 0 Å². The largest absolute Gasteiger partial charge is 0.435 e. The van der Waals surface area contributed by atoms with Gasteiger partial charge in [0.15, 0.2) is 12.2 Å². The van der Waals surface area contributed by atoms with E-state index in [0.717, 1.165) is 0 Å². The van der Waals surface area contributed by atoms with Crippen LogP contribution in [-0.2, 0) is 56.1 Å². The molecular weight excluding hydrogens is 734 g/mol. The molecule has 2 aromatic carbocycles. The van der Waals surface area contributed by atoms with Gasteiger partial charge in [-0.2, -0.15) is 0 Å². The van der Waals surface area contributed by atoms with Gasteiger partial charge in [0.1, 0.15) is 30.3 Å². The summed E-state index contributed by atoms with van der Waals surface area (Å²) < 4.78 is 24.2. The van der Waals surface area contributed by atoms with E-state index in [1.807, 2.05) is 6.92 Å². The van der Waals surface area contributed by atoms with Gasteiger partial charge < -0.3 is 51.1 Å². The predicted molar refractivity (Wildman–Crippen MR) is 215 cm³/mol. The Balaban J connectivity index is 2.79. The van der Waals surface area contributed by atoms with Gasteiger partial charge in [-0.25, -0.2) is 0 Å². The van der Waals surface area contributed by atoms with E-state index < -0.39 is 89.3 Å². The molecule has 4 amide bonds. The number of carbonyl (C=O) groups is 5. The lowest BCUT2D eigenvalue weighted by Crippen LogP contribution is -2.62. The van der Waals surface area contributed by atoms with Crippen LogP contribution in [0.5, 0.6) is 0 Å². The first-order valence-electron chi connectivity index (χ1n) is 19.3. The molecule has 0 saturated heterocycles. The van der Waals surface area contributed by atoms with Crippen molar-refractivity contribution in [3.05, 3.63) is 71.8 Å². The third-order valence-corrected chi connectivity index (χ3v) is 9.49. The molecule has 0 fully saturated rings. The lowest BCUT2D eigenvalue weighted by atomic mass is 9.85. The Hall–Kier alpha value is -4.41. The van der Waals surface area contributed by atoms with E-state index in [-0.39, 0.29) is 19.1 Å². The maximum absolute atomic E-state index is 14.5. The van der Waals surface area contributed by atoms with Gasteiger partial charge in [-0.05, 0) is 34.8 Å². The summed E-state index contributed by atoms with van der Waals surface area (Å²) in [6.45, 7) is 15.2. The van der Waals surface area contributed by atoms with Crippen LogP contribution in [0.4, 0.5) is 0 Å². The number of nitrogens with one attached hydrogen (secondary N) is 4. The maximum atomic E-state index is 14.5. The number of hydrogen-bond acceptors (Lipinski definition) is 11. The summed E-state index contributed by atoms with van der Waals surface area (Å²) in [7, 11) is 2.87. The molecule has 1 unspecified atom stereocenters. The third-order valence-electron chi connectivity index (χ3n) is 9.49. The monoisotopic (exact) mass is 799 g/mol. The summed E-state index contributed by atoms with van der Waals surface area (Å²) >= 11 is 0. The fourth-order valence-corrected chi connectivity index (χ4v) is 5.74. The Labute approximate surface area is 337 Å². The van der Waals surface area contributed by atoms with Crippen molar-refractivity contribution in [1.29, 1.82) is 0 Å². The Morgan fingerprint density at radius 3 is 1.47 bits per heavy atom. The summed E-state index contributed by atoms with van der Waals surface area (Å²) in [5, 5.41) is 23.0. The van der Waals surface area contributed by atoms with Crippen molar-refractivity contribution < 1.29 is 48.0 Å². The van der Waals surface area contributed by atoms with Crippen LogP contribution in [0.25, 0.3) is 0 Å². The second-order valence-electron chi connectivity index (χ2n) is 16.3. The molecule has 0 aliphatic rings. The molecule has 9 atom stereocenters. The highest BCUT2D eigenvalue weighted by Crippen LogP contribution is 2.25. The zero-order chi connectivity index (χ0) is 43.1. The van der Waals surface area contributed by atoms with Gasteiger partial charge in [-0.15, -0.1) is 0 Å². The SMILES string of the molecule is CC[C@H](C)[C@H](N)C(=O)OC(C)O[C@H]([C@@H](O)[C@@H](OCc1ccccc1)C(=O)N[C@H](C(=O)NC)C(C)(C)C)[C@@H](OCc1ccccc1)C(=O)N[C@H](C(=O)NC)C(C)(C)C. The molecule has 15 heteroatoms. The summed E-state index contributed by atoms with van der Waals surface area (Å²) in [4.78, 5) is 68.1.